The standard InChI is InChI=1S/C24H28FN5O/c1-28-10-12-29(13-11-28)19-8-6-18(7-9-19)27-23-15-22-17(16-26-23)14-21(25)24(31)30(22)20-4-2-3-5-20/h6-9,14-16,20H,2-5,10-13H2,1H3,(H,26,27). The van der Waals surface area contributed by atoms with Crippen LogP contribution in [0.1, 0.15) is 31.7 Å². The number of fused-ring (bicyclic) bond motifs is 1. The van der Waals surface area contributed by atoms with Gasteiger partial charge in [0.1, 0.15) is 5.82 Å². The molecule has 0 radical (unpaired) electrons. The smallest absolute Gasteiger partial charge is 0.287 e. The molecule has 31 heavy (non-hydrogen) atoms. The van der Waals surface area contributed by atoms with E-state index in [9.17, 15) is 9.18 Å². The Morgan fingerprint density at radius 1 is 1.03 bits per heavy atom. The topological polar surface area (TPSA) is 53.4 Å². The predicted molar refractivity (Wildman–Crippen MR) is 123 cm³/mol. The third-order valence-electron chi connectivity index (χ3n) is 6.57. The van der Waals surface area contributed by atoms with E-state index < -0.39 is 11.4 Å². The molecule has 0 bridgehead atoms. The summed E-state index contributed by atoms with van der Waals surface area (Å²) in [7, 11) is 2.15. The van der Waals surface area contributed by atoms with Crippen LogP contribution in [0.3, 0.4) is 0 Å². The second kappa shape index (κ2) is 8.30. The molecule has 0 spiro atoms. The monoisotopic (exact) mass is 421 g/mol. The Kier molecular flexibility index (Phi) is 5.36. The van der Waals surface area contributed by atoms with Gasteiger partial charge in [-0.15, -0.1) is 0 Å². The van der Waals surface area contributed by atoms with Crippen LogP contribution in [0, 0.1) is 5.82 Å². The summed E-state index contributed by atoms with van der Waals surface area (Å²) in [6.45, 7) is 4.21. The van der Waals surface area contributed by atoms with Crippen molar-refractivity contribution in [3.8, 4) is 0 Å². The van der Waals surface area contributed by atoms with Crippen LogP contribution in [0.5, 0.6) is 0 Å². The number of likely N-dealkylation sites (N-methyl/N-ethyl adjacent to an activating group) is 1. The molecule has 0 atom stereocenters. The van der Waals surface area contributed by atoms with E-state index in [-0.39, 0.29) is 6.04 Å². The molecule has 0 unspecified atom stereocenters. The van der Waals surface area contributed by atoms with Gasteiger partial charge >= 0.3 is 0 Å². The number of rotatable bonds is 4. The zero-order valence-corrected chi connectivity index (χ0v) is 17.9. The van der Waals surface area contributed by atoms with Crippen molar-refractivity contribution in [3.63, 3.8) is 0 Å². The van der Waals surface area contributed by atoms with Crippen LogP contribution < -0.4 is 15.8 Å². The van der Waals surface area contributed by atoms with Gasteiger partial charge in [-0.2, -0.15) is 0 Å². The van der Waals surface area contributed by atoms with Crippen molar-refractivity contribution in [1.29, 1.82) is 0 Å². The molecule has 2 aliphatic rings. The number of nitrogens with one attached hydrogen (secondary N) is 1. The minimum absolute atomic E-state index is 0.0591. The molecule has 7 heteroatoms. The Hall–Kier alpha value is -2.93. The molecule has 5 rings (SSSR count). The van der Waals surface area contributed by atoms with Gasteiger partial charge in [0.15, 0.2) is 5.82 Å². The van der Waals surface area contributed by atoms with E-state index in [4.69, 9.17) is 0 Å². The summed E-state index contributed by atoms with van der Waals surface area (Å²) in [4.78, 5) is 21.8. The third-order valence-corrected chi connectivity index (χ3v) is 6.57. The van der Waals surface area contributed by atoms with Crippen molar-refractivity contribution in [2.45, 2.75) is 31.7 Å². The molecule has 1 aliphatic carbocycles. The van der Waals surface area contributed by atoms with Gasteiger partial charge in [0.05, 0.1) is 5.52 Å². The van der Waals surface area contributed by atoms with E-state index in [1.807, 2.05) is 18.2 Å². The number of benzene rings is 1. The van der Waals surface area contributed by atoms with Crippen LogP contribution in [-0.2, 0) is 0 Å². The molecule has 1 aliphatic heterocycles. The summed E-state index contributed by atoms with van der Waals surface area (Å²) >= 11 is 0. The Bertz CT molecular complexity index is 1130. The largest absolute Gasteiger partial charge is 0.369 e. The second-order valence-electron chi connectivity index (χ2n) is 8.70. The van der Waals surface area contributed by atoms with Crippen LogP contribution in [-0.4, -0.2) is 47.7 Å². The first-order chi connectivity index (χ1) is 15.1. The molecular formula is C24H28FN5O. The second-order valence-corrected chi connectivity index (χ2v) is 8.70. The van der Waals surface area contributed by atoms with Gasteiger partial charge in [-0.05, 0) is 50.2 Å². The molecule has 1 N–H and O–H groups in total. The van der Waals surface area contributed by atoms with Crippen molar-refractivity contribution in [2.75, 3.05) is 43.4 Å². The lowest BCUT2D eigenvalue weighted by molar-refractivity contribution is 0.313. The Morgan fingerprint density at radius 2 is 1.74 bits per heavy atom. The van der Waals surface area contributed by atoms with Crippen LogP contribution in [0.2, 0.25) is 0 Å². The van der Waals surface area contributed by atoms with Crippen molar-refractivity contribution in [2.24, 2.45) is 0 Å². The fourth-order valence-electron chi connectivity index (χ4n) is 4.76. The summed E-state index contributed by atoms with van der Waals surface area (Å²) in [5, 5.41) is 3.99. The highest BCUT2D eigenvalue weighted by Gasteiger charge is 2.22. The molecule has 2 fully saturated rings. The van der Waals surface area contributed by atoms with E-state index in [0.717, 1.165) is 63.1 Å². The molecule has 3 aromatic rings. The number of anilines is 3. The number of hydrogen-bond donors (Lipinski definition) is 1. The van der Waals surface area contributed by atoms with Gasteiger partial charge in [-0.25, -0.2) is 9.37 Å². The first-order valence-corrected chi connectivity index (χ1v) is 11.1. The normalized spacial score (nSPS) is 18.1. The lowest BCUT2D eigenvalue weighted by Crippen LogP contribution is -2.44. The zero-order valence-electron chi connectivity index (χ0n) is 17.9. The van der Waals surface area contributed by atoms with Gasteiger partial charge in [-0.3, -0.25) is 4.79 Å². The van der Waals surface area contributed by atoms with Gasteiger partial charge in [-0.1, -0.05) is 12.8 Å². The van der Waals surface area contributed by atoms with Crippen molar-refractivity contribution >= 4 is 28.1 Å². The number of pyridine rings is 2. The first-order valence-electron chi connectivity index (χ1n) is 11.1. The molecule has 6 nitrogen and oxygen atoms in total. The maximum absolute atomic E-state index is 14.2. The number of nitrogens with zero attached hydrogens (tertiary/aromatic N) is 4. The maximum Gasteiger partial charge on any atom is 0.287 e. The van der Waals surface area contributed by atoms with Gasteiger partial charge in [0, 0.05) is 61.2 Å². The summed E-state index contributed by atoms with van der Waals surface area (Å²) in [6, 6.07) is 11.6. The third kappa shape index (κ3) is 4.02. The molecule has 1 aromatic carbocycles. The Labute approximate surface area is 181 Å². The minimum Gasteiger partial charge on any atom is -0.369 e. The lowest BCUT2D eigenvalue weighted by atomic mass is 10.2. The summed E-state index contributed by atoms with van der Waals surface area (Å²) in [5.41, 5.74) is 2.36. The maximum atomic E-state index is 14.2. The zero-order chi connectivity index (χ0) is 21.4. The van der Waals surface area contributed by atoms with E-state index in [2.05, 4.69) is 39.3 Å². The first kappa shape index (κ1) is 20.0. The number of aromatic nitrogens is 2. The van der Waals surface area contributed by atoms with Gasteiger partial charge in [0.25, 0.3) is 5.56 Å². The van der Waals surface area contributed by atoms with Crippen LogP contribution in [0.15, 0.2) is 47.4 Å². The fourth-order valence-corrected chi connectivity index (χ4v) is 4.76. The molecule has 0 amide bonds. The quantitative estimate of drug-likeness (QED) is 0.686. The van der Waals surface area contributed by atoms with E-state index in [1.54, 1.807) is 10.8 Å². The average molecular weight is 422 g/mol. The van der Waals surface area contributed by atoms with Crippen molar-refractivity contribution < 1.29 is 4.39 Å². The van der Waals surface area contributed by atoms with E-state index >= 15 is 0 Å². The lowest BCUT2D eigenvalue weighted by Gasteiger charge is -2.34. The molecule has 1 saturated heterocycles. The Balaban J connectivity index is 1.41. The van der Waals surface area contributed by atoms with Crippen LogP contribution in [0.4, 0.5) is 21.6 Å². The minimum atomic E-state index is -0.707. The average Bonchev–Trinajstić information content (AvgIpc) is 3.30. The molecule has 3 heterocycles. The van der Waals surface area contributed by atoms with Gasteiger partial charge < -0.3 is 19.7 Å². The summed E-state index contributed by atoms with van der Waals surface area (Å²) in [5.74, 6) is -0.0565. The highest BCUT2D eigenvalue weighted by Crippen LogP contribution is 2.32. The Morgan fingerprint density at radius 3 is 2.45 bits per heavy atom. The molecule has 2 aromatic heterocycles. The SMILES string of the molecule is CN1CCN(c2ccc(Nc3cc4c(cn3)cc(F)c(=O)n4C3CCCC3)cc2)CC1. The predicted octanol–water partition coefficient (Wildman–Crippen LogP) is 4.15. The molecule has 162 valence electrons. The van der Waals surface area contributed by atoms with E-state index in [1.165, 1.54) is 11.8 Å². The van der Waals surface area contributed by atoms with E-state index in [0.29, 0.717) is 11.2 Å². The summed E-state index contributed by atoms with van der Waals surface area (Å²) < 4.78 is 15.9. The fraction of sp³-hybridized carbons (Fsp3) is 0.417. The van der Waals surface area contributed by atoms with Crippen LogP contribution >= 0.6 is 0 Å². The summed E-state index contributed by atoms with van der Waals surface area (Å²) in [6.07, 6.45) is 5.62. The molecule has 1 saturated carbocycles. The van der Waals surface area contributed by atoms with Crippen LogP contribution in [0.25, 0.3) is 10.9 Å². The highest BCUT2D eigenvalue weighted by atomic mass is 19.1. The van der Waals surface area contributed by atoms with Gasteiger partial charge in [0.2, 0.25) is 0 Å². The molecular weight excluding hydrogens is 393 g/mol. The van der Waals surface area contributed by atoms with Crippen molar-refractivity contribution in [1.82, 2.24) is 14.5 Å². The van der Waals surface area contributed by atoms with Crippen molar-refractivity contribution in [3.05, 3.63) is 58.8 Å². The number of hydrogen-bond acceptors (Lipinski definition) is 5. The highest BCUT2D eigenvalue weighted by molar-refractivity contribution is 5.81. The number of piperazine rings is 1. The number of halogens is 1.